The molecule has 284 valence electrons. The summed E-state index contributed by atoms with van der Waals surface area (Å²) in [5.41, 5.74) is -1.96. The van der Waals surface area contributed by atoms with Gasteiger partial charge >= 0.3 is 6.03 Å². The number of hydrogen-bond donors (Lipinski definition) is 4. The minimum Gasteiger partial charge on any atom is -0.346 e. The molecule has 0 aromatic rings. The maximum atomic E-state index is 14.5. The van der Waals surface area contributed by atoms with Crippen LogP contribution in [-0.2, 0) is 28.8 Å². The van der Waals surface area contributed by atoms with Crippen LogP contribution in [0.3, 0.4) is 0 Å². The highest BCUT2D eigenvalue weighted by molar-refractivity contribution is 6.38. The Morgan fingerprint density at radius 3 is 2.00 bits per heavy atom. The molecule has 4 N–H and O–H groups in total. The number of nitrogens with one attached hydrogen (secondary N) is 4. The highest BCUT2D eigenvalue weighted by Crippen LogP contribution is 2.65. The van der Waals surface area contributed by atoms with E-state index in [1.54, 1.807) is 0 Å². The van der Waals surface area contributed by atoms with Gasteiger partial charge in [-0.05, 0) is 45.8 Å². The van der Waals surface area contributed by atoms with Gasteiger partial charge < -0.3 is 26.2 Å². The van der Waals surface area contributed by atoms with Crippen LogP contribution in [0.15, 0.2) is 12.7 Å². The normalized spacial score (nSPS) is 25.6. The highest BCUT2D eigenvalue weighted by atomic mass is 16.2. The standard InChI is InChI=1S/C38H60N6O7/c1-12-15-39-32(49)29(47)23(16-21-13-14-21)40-31(48)28-27-22(38(27,10)11)19-44(28)33(50)30(36(5,6)7)42-34(51)41-24(35(2,3)4)20-43-25(45)17-37(8,9)18-26(43)46/h12,21-24,27-28,30H,1,13-20H2,2-11H3,(H,39,49)(H,40,48)(H2,41,42,51)/t22-,23-,24+,27-,28-,30+/m0/s1. The molecule has 6 atom stereocenters. The van der Waals surface area contributed by atoms with Crippen molar-refractivity contribution in [2.24, 2.45) is 39.4 Å². The SMILES string of the molecule is C=CCNC(=O)C(=O)[C@H](CC1CC1)NC(=O)[C@@H]1[C@@H]2[C@H](CN1C(=O)[C@@H](NC(=O)N[C@H](CN1C(=O)CC(C)(C)CC1=O)C(C)(C)C)C(C)(C)C)C2(C)C. The Kier molecular flexibility index (Phi) is 11.2. The summed E-state index contributed by atoms with van der Waals surface area (Å²) in [6.07, 6.45) is 4.10. The number of rotatable bonds is 13. The van der Waals surface area contributed by atoms with Crippen LogP contribution in [0.4, 0.5) is 4.79 Å². The lowest BCUT2D eigenvalue weighted by Crippen LogP contribution is -2.63. The topological polar surface area (TPSA) is 174 Å². The number of fused-ring (bicyclic) bond motifs is 1. The van der Waals surface area contributed by atoms with Crippen molar-refractivity contribution in [3.05, 3.63) is 12.7 Å². The molecule has 0 radical (unpaired) electrons. The molecular weight excluding hydrogens is 652 g/mol. The average Bonchev–Trinajstić information content (AvgIpc) is 3.84. The van der Waals surface area contributed by atoms with E-state index in [1.807, 2.05) is 55.4 Å². The lowest BCUT2D eigenvalue weighted by molar-refractivity contribution is -0.153. The maximum absolute atomic E-state index is 14.5. The van der Waals surface area contributed by atoms with Gasteiger partial charge in [0, 0.05) is 32.5 Å². The van der Waals surface area contributed by atoms with Gasteiger partial charge in [-0.1, -0.05) is 88.2 Å². The van der Waals surface area contributed by atoms with E-state index in [-0.39, 0.29) is 60.9 Å². The number of Topliss-reactive ketones (excluding diaryl/α,β-unsaturated/α-hetero) is 1. The Morgan fingerprint density at radius 1 is 0.902 bits per heavy atom. The van der Waals surface area contributed by atoms with Gasteiger partial charge in [0.05, 0.1) is 12.1 Å². The summed E-state index contributed by atoms with van der Waals surface area (Å²) in [4.78, 5) is 96.7. The molecule has 2 saturated carbocycles. The zero-order valence-electron chi connectivity index (χ0n) is 32.2. The number of carbonyl (C=O) groups excluding carboxylic acids is 7. The summed E-state index contributed by atoms with van der Waals surface area (Å²) in [6.45, 7) is 23.0. The van der Waals surface area contributed by atoms with Crippen molar-refractivity contribution in [2.45, 2.75) is 126 Å². The molecule has 4 aliphatic rings. The second-order valence-electron chi connectivity index (χ2n) is 18.7. The van der Waals surface area contributed by atoms with Gasteiger partial charge in [-0.15, -0.1) is 6.58 Å². The zero-order chi connectivity index (χ0) is 38.4. The molecule has 0 aromatic heterocycles. The summed E-state index contributed by atoms with van der Waals surface area (Å²) in [5, 5.41) is 11.2. The molecule has 0 bridgehead atoms. The van der Waals surface area contributed by atoms with E-state index >= 15 is 0 Å². The summed E-state index contributed by atoms with van der Waals surface area (Å²) in [6, 6.07) is -4.20. The number of piperidine rings is 2. The van der Waals surface area contributed by atoms with Crippen molar-refractivity contribution in [1.29, 1.82) is 0 Å². The molecule has 2 aliphatic carbocycles. The van der Waals surface area contributed by atoms with Gasteiger partial charge in [-0.3, -0.25) is 33.7 Å². The van der Waals surface area contributed by atoms with Crippen LogP contribution in [0.1, 0.15) is 101 Å². The molecule has 0 unspecified atom stereocenters. The molecular formula is C38H60N6O7. The van der Waals surface area contributed by atoms with Gasteiger partial charge in [0.2, 0.25) is 29.4 Å². The second-order valence-corrected chi connectivity index (χ2v) is 18.7. The van der Waals surface area contributed by atoms with Crippen molar-refractivity contribution in [3.8, 4) is 0 Å². The monoisotopic (exact) mass is 712 g/mol. The minimum atomic E-state index is -1.04. The van der Waals surface area contributed by atoms with E-state index in [4.69, 9.17) is 0 Å². The zero-order valence-corrected chi connectivity index (χ0v) is 32.2. The van der Waals surface area contributed by atoms with E-state index < -0.39 is 69.9 Å². The average molecular weight is 713 g/mol. The van der Waals surface area contributed by atoms with E-state index in [0.717, 1.165) is 12.8 Å². The number of nitrogens with zero attached hydrogens (tertiary/aromatic N) is 2. The number of ketones is 1. The van der Waals surface area contributed by atoms with Crippen molar-refractivity contribution in [3.63, 3.8) is 0 Å². The molecule has 4 rings (SSSR count). The van der Waals surface area contributed by atoms with E-state index in [1.165, 1.54) is 15.9 Å². The van der Waals surface area contributed by atoms with Crippen LogP contribution in [0.25, 0.3) is 0 Å². The van der Waals surface area contributed by atoms with Gasteiger partial charge in [-0.25, -0.2) is 4.79 Å². The summed E-state index contributed by atoms with van der Waals surface area (Å²) >= 11 is 0. The van der Waals surface area contributed by atoms with Crippen molar-refractivity contribution < 1.29 is 33.6 Å². The van der Waals surface area contributed by atoms with Gasteiger partial charge in [-0.2, -0.15) is 0 Å². The molecule has 2 heterocycles. The molecule has 2 aliphatic heterocycles. The third-order valence-electron chi connectivity index (χ3n) is 11.3. The van der Waals surface area contributed by atoms with E-state index in [2.05, 4.69) is 41.7 Å². The quantitative estimate of drug-likeness (QED) is 0.129. The molecule has 13 nitrogen and oxygen atoms in total. The third kappa shape index (κ3) is 9.18. The molecule has 51 heavy (non-hydrogen) atoms. The van der Waals surface area contributed by atoms with Crippen molar-refractivity contribution >= 4 is 41.4 Å². The number of amides is 7. The first-order valence-electron chi connectivity index (χ1n) is 18.3. The first-order valence-corrected chi connectivity index (χ1v) is 18.3. The van der Waals surface area contributed by atoms with Gasteiger partial charge in [0.25, 0.3) is 5.91 Å². The molecule has 0 spiro atoms. The Balaban J connectivity index is 1.52. The number of likely N-dealkylation sites (tertiary alicyclic amines) is 2. The lowest BCUT2D eigenvalue weighted by atomic mass is 9.80. The molecule has 0 aromatic carbocycles. The third-order valence-corrected chi connectivity index (χ3v) is 11.3. The van der Waals surface area contributed by atoms with Crippen LogP contribution in [0, 0.1) is 39.4 Å². The minimum absolute atomic E-state index is 0.00202. The second kappa shape index (κ2) is 14.3. The Hall–Kier alpha value is -3.77. The fourth-order valence-electron chi connectivity index (χ4n) is 7.68. The summed E-state index contributed by atoms with van der Waals surface area (Å²) in [7, 11) is 0. The Bertz CT molecular complexity index is 1430. The van der Waals surface area contributed by atoms with Crippen LogP contribution in [0.5, 0.6) is 0 Å². The predicted octanol–water partition coefficient (Wildman–Crippen LogP) is 2.93. The number of carbonyl (C=O) groups is 7. The fourth-order valence-corrected chi connectivity index (χ4v) is 7.68. The maximum Gasteiger partial charge on any atom is 0.315 e. The molecule has 4 fully saturated rings. The Labute approximate surface area is 302 Å². The predicted molar refractivity (Wildman–Crippen MR) is 192 cm³/mol. The fraction of sp³-hybridized carbons (Fsp3) is 0.763. The van der Waals surface area contributed by atoms with Crippen LogP contribution >= 0.6 is 0 Å². The van der Waals surface area contributed by atoms with Crippen LogP contribution in [0.2, 0.25) is 0 Å². The summed E-state index contributed by atoms with van der Waals surface area (Å²) in [5.74, 6) is -2.86. The highest BCUT2D eigenvalue weighted by Gasteiger charge is 2.70. The lowest BCUT2D eigenvalue weighted by Gasteiger charge is -2.40. The van der Waals surface area contributed by atoms with Crippen LogP contribution < -0.4 is 21.3 Å². The van der Waals surface area contributed by atoms with Gasteiger partial charge in [0.1, 0.15) is 12.1 Å². The summed E-state index contributed by atoms with van der Waals surface area (Å²) < 4.78 is 0. The number of urea groups is 1. The number of hydrogen-bond acceptors (Lipinski definition) is 7. The van der Waals surface area contributed by atoms with Gasteiger partial charge in [0.15, 0.2) is 0 Å². The van der Waals surface area contributed by atoms with Crippen molar-refractivity contribution in [2.75, 3.05) is 19.6 Å². The smallest absolute Gasteiger partial charge is 0.315 e. The first kappa shape index (κ1) is 40.0. The van der Waals surface area contributed by atoms with E-state index in [0.29, 0.717) is 13.0 Å². The number of imide groups is 1. The molecule has 13 heteroatoms. The first-order chi connectivity index (χ1) is 23.4. The molecule has 7 amide bonds. The van der Waals surface area contributed by atoms with Crippen molar-refractivity contribution in [1.82, 2.24) is 31.1 Å². The van der Waals surface area contributed by atoms with Crippen LogP contribution in [-0.4, -0.2) is 95.0 Å². The van der Waals surface area contributed by atoms with E-state index in [9.17, 15) is 33.6 Å². The molecule has 2 saturated heterocycles. The Morgan fingerprint density at radius 2 is 1.49 bits per heavy atom. The largest absolute Gasteiger partial charge is 0.346 e.